The highest BCUT2D eigenvalue weighted by molar-refractivity contribution is 5.79. The summed E-state index contributed by atoms with van der Waals surface area (Å²) in [6.45, 7) is 10.1. The van der Waals surface area contributed by atoms with E-state index in [-0.39, 0.29) is 5.92 Å². The SMILES string of the molecule is CCCC(CCC)C(=O)N1CCN(c2ccc(-c3ccc(OCC)cc3)nn2)CC1. The minimum absolute atomic E-state index is 0.180. The van der Waals surface area contributed by atoms with Gasteiger partial charge in [-0.3, -0.25) is 4.79 Å². The lowest BCUT2D eigenvalue weighted by Gasteiger charge is -2.36. The molecule has 6 heteroatoms. The molecule has 0 radical (unpaired) electrons. The monoisotopic (exact) mass is 410 g/mol. The van der Waals surface area contributed by atoms with Crippen molar-refractivity contribution in [1.29, 1.82) is 0 Å². The lowest BCUT2D eigenvalue weighted by Crippen LogP contribution is -2.50. The first kappa shape index (κ1) is 22.1. The van der Waals surface area contributed by atoms with Gasteiger partial charge in [0, 0.05) is 37.7 Å². The minimum Gasteiger partial charge on any atom is -0.494 e. The second-order valence-electron chi connectivity index (χ2n) is 7.82. The van der Waals surface area contributed by atoms with Crippen molar-refractivity contribution in [2.75, 3.05) is 37.7 Å². The first-order valence-corrected chi connectivity index (χ1v) is 11.3. The zero-order chi connectivity index (χ0) is 21.3. The van der Waals surface area contributed by atoms with E-state index in [1.54, 1.807) is 0 Å². The number of nitrogens with zero attached hydrogens (tertiary/aromatic N) is 4. The van der Waals surface area contributed by atoms with Crippen LogP contribution in [-0.4, -0.2) is 53.8 Å². The van der Waals surface area contributed by atoms with Crippen molar-refractivity contribution in [3.63, 3.8) is 0 Å². The number of hydrogen-bond acceptors (Lipinski definition) is 5. The van der Waals surface area contributed by atoms with Gasteiger partial charge in [0.05, 0.1) is 12.3 Å². The summed E-state index contributed by atoms with van der Waals surface area (Å²) in [6, 6.07) is 11.9. The lowest BCUT2D eigenvalue weighted by molar-refractivity contribution is -0.136. The molecule has 1 fully saturated rings. The number of carbonyl (C=O) groups excluding carboxylic acids is 1. The van der Waals surface area contributed by atoms with Gasteiger partial charge in [0.1, 0.15) is 5.75 Å². The number of amides is 1. The maximum Gasteiger partial charge on any atom is 0.225 e. The van der Waals surface area contributed by atoms with Gasteiger partial charge in [0.15, 0.2) is 5.82 Å². The summed E-state index contributed by atoms with van der Waals surface area (Å²) in [5.41, 5.74) is 1.86. The van der Waals surface area contributed by atoms with Crippen LogP contribution < -0.4 is 9.64 Å². The zero-order valence-corrected chi connectivity index (χ0v) is 18.5. The van der Waals surface area contributed by atoms with E-state index < -0.39 is 0 Å². The molecule has 0 N–H and O–H groups in total. The Morgan fingerprint density at radius 3 is 2.13 bits per heavy atom. The van der Waals surface area contributed by atoms with E-state index in [2.05, 4.69) is 28.9 Å². The standard InChI is InChI=1S/C24H34N4O2/c1-4-7-20(8-5-2)24(29)28-17-15-27(16-18-28)23-14-13-22(25-26-23)19-9-11-21(12-10-19)30-6-3/h9-14,20H,4-8,15-18H2,1-3H3. The van der Waals surface area contributed by atoms with Crippen molar-refractivity contribution in [3.8, 4) is 17.0 Å². The molecule has 1 aromatic carbocycles. The number of ether oxygens (including phenoxy) is 1. The number of aromatic nitrogens is 2. The van der Waals surface area contributed by atoms with Gasteiger partial charge in [-0.1, -0.05) is 26.7 Å². The fraction of sp³-hybridized carbons (Fsp3) is 0.542. The third-order valence-electron chi connectivity index (χ3n) is 5.65. The highest BCUT2D eigenvalue weighted by Crippen LogP contribution is 2.23. The third kappa shape index (κ3) is 5.49. The molecule has 0 atom stereocenters. The molecule has 2 aromatic rings. The minimum atomic E-state index is 0.180. The van der Waals surface area contributed by atoms with Gasteiger partial charge in [-0.05, 0) is 56.2 Å². The summed E-state index contributed by atoms with van der Waals surface area (Å²) in [5, 5.41) is 8.86. The van der Waals surface area contributed by atoms with E-state index in [4.69, 9.17) is 4.74 Å². The van der Waals surface area contributed by atoms with Gasteiger partial charge < -0.3 is 14.5 Å². The fourth-order valence-electron chi connectivity index (χ4n) is 4.04. The molecule has 2 heterocycles. The molecule has 30 heavy (non-hydrogen) atoms. The number of benzene rings is 1. The molecule has 1 amide bonds. The summed E-state index contributed by atoms with van der Waals surface area (Å²) in [5.74, 6) is 2.24. The van der Waals surface area contributed by atoms with Gasteiger partial charge in [-0.15, -0.1) is 10.2 Å². The molecule has 0 aliphatic carbocycles. The quantitative estimate of drug-likeness (QED) is 0.613. The Morgan fingerprint density at radius 1 is 0.933 bits per heavy atom. The Hall–Kier alpha value is -2.63. The van der Waals surface area contributed by atoms with Crippen molar-refractivity contribution < 1.29 is 9.53 Å². The molecule has 162 valence electrons. The first-order chi connectivity index (χ1) is 14.7. The normalized spacial score (nSPS) is 14.3. The Balaban J connectivity index is 1.57. The van der Waals surface area contributed by atoms with Crippen molar-refractivity contribution in [2.24, 2.45) is 5.92 Å². The van der Waals surface area contributed by atoms with Gasteiger partial charge in [0.2, 0.25) is 5.91 Å². The molecule has 6 nitrogen and oxygen atoms in total. The van der Waals surface area contributed by atoms with Crippen LogP contribution >= 0.6 is 0 Å². The van der Waals surface area contributed by atoms with Crippen LogP contribution in [0.25, 0.3) is 11.3 Å². The summed E-state index contributed by atoms with van der Waals surface area (Å²) >= 11 is 0. The Labute approximate surface area is 180 Å². The van der Waals surface area contributed by atoms with Crippen LogP contribution in [0.15, 0.2) is 36.4 Å². The molecular weight excluding hydrogens is 376 g/mol. The predicted molar refractivity (Wildman–Crippen MR) is 121 cm³/mol. The number of rotatable bonds is 9. The molecule has 0 spiro atoms. The van der Waals surface area contributed by atoms with Crippen LogP contribution in [0.2, 0.25) is 0 Å². The van der Waals surface area contributed by atoms with Crippen LogP contribution in [0, 0.1) is 5.92 Å². The van der Waals surface area contributed by atoms with E-state index >= 15 is 0 Å². The lowest BCUT2D eigenvalue weighted by atomic mass is 9.96. The Morgan fingerprint density at radius 2 is 1.60 bits per heavy atom. The van der Waals surface area contributed by atoms with E-state index in [0.717, 1.165) is 74.7 Å². The number of anilines is 1. The van der Waals surface area contributed by atoms with Crippen LogP contribution in [0.4, 0.5) is 5.82 Å². The highest BCUT2D eigenvalue weighted by Gasteiger charge is 2.27. The van der Waals surface area contributed by atoms with Gasteiger partial charge in [0.25, 0.3) is 0 Å². The summed E-state index contributed by atoms with van der Waals surface area (Å²) in [6.07, 6.45) is 4.11. The molecule has 0 bridgehead atoms. The van der Waals surface area contributed by atoms with Crippen LogP contribution in [0.1, 0.15) is 46.5 Å². The summed E-state index contributed by atoms with van der Waals surface area (Å²) < 4.78 is 5.49. The van der Waals surface area contributed by atoms with Gasteiger partial charge >= 0.3 is 0 Å². The molecular formula is C24H34N4O2. The second kappa shape index (κ2) is 11.0. The van der Waals surface area contributed by atoms with Gasteiger partial charge in [-0.25, -0.2) is 0 Å². The first-order valence-electron chi connectivity index (χ1n) is 11.3. The number of piperazine rings is 1. The molecule has 1 aliphatic heterocycles. The predicted octanol–water partition coefficient (Wildman–Crippen LogP) is 4.41. The maximum absolute atomic E-state index is 12.9. The fourth-order valence-corrected chi connectivity index (χ4v) is 4.04. The topological polar surface area (TPSA) is 58.6 Å². The molecule has 1 saturated heterocycles. The Kier molecular flexibility index (Phi) is 8.05. The molecule has 1 aromatic heterocycles. The molecule has 3 rings (SSSR count). The average Bonchev–Trinajstić information content (AvgIpc) is 2.79. The van der Waals surface area contributed by atoms with E-state index in [1.165, 1.54) is 0 Å². The molecule has 1 aliphatic rings. The molecule has 0 unspecified atom stereocenters. The third-order valence-corrected chi connectivity index (χ3v) is 5.65. The summed E-state index contributed by atoms with van der Waals surface area (Å²) in [7, 11) is 0. The number of hydrogen-bond donors (Lipinski definition) is 0. The van der Waals surface area contributed by atoms with Crippen molar-refractivity contribution in [1.82, 2.24) is 15.1 Å². The van der Waals surface area contributed by atoms with E-state index in [9.17, 15) is 4.79 Å². The van der Waals surface area contributed by atoms with Crippen LogP contribution in [0.3, 0.4) is 0 Å². The highest BCUT2D eigenvalue weighted by atomic mass is 16.5. The maximum atomic E-state index is 12.9. The van der Waals surface area contributed by atoms with Gasteiger partial charge in [-0.2, -0.15) is 0 Å². The summed E-state index contributed by atoms with van der Waals surface area (Å²) in [4.78, 5) is 17.1. The van der Waals surface area contributed by atoms with Crippen molar-refractivity contribution >= 4 is 11.7 Å². The second-order valence-corrected chi connectivity index (χ2v) is 7.82. The molecule has 0 saturated carbocycles. The number of carbonyl (C=O) groups is 1. The smallest absolute Gasteiger partial charge is 0.225 e. The van der Waals surface area contributed by atoms with Crippen LogP contribution in [-0.2, 0) is 4.79 Å². The van der Waals surface area contributed by atoms with Crippen LogP contribution in [0.5, 0.6) is 5.75 Å². The Bertz CT molecular complexity index is 778. The van der Waals surface area contributed by atoms with E-state index in [1.807, 2.05) is 48.2 Å². The van der Waals surface area contributed by atoms with Crippen molar-refractivity contribution in [3.05, 3.63) is 36.4 Å². The van der Waals surface area contributed by atoms with Crippen molar-refractivity contribution in [2.45, 2.75) is 46.5 Å². The largest absolute Gasteiger partial charge is 0.494 e. The average molecular weight is 411 g/mol. The van der Waals surface area contributed by atoms with E-state index in [0.29, 0.717) is 12.5 Å². The zero-order valence-electron chi connectivity index (χ0n) is 18.5.